The van der Waals surface area contributed by atoms with Crippen molar-refractivity contribution in [2.75, 3.05) is 0 Å². The number of ether oxygens (including phenoxy) is 1. The van der Waals surface area contributed by atoms with Crippen molar-refractivity contribution < 1.29 is 9.53 Å². The molecule has 5 aromatic rings. The Morgan fingerprint density at radius 1 is 0.868 bits per heavy atom. The Hall–Kier alpha value is -3.90. The van der Waals surface area contributed by atoms with Crippen LogP contribution < -0.4 is 10.2 Å². The van der Waals surface area contributed by atoms with Gasteiger partial charge in [0.2, 0.25) is 0 Å². The van der Waals surface area contributed by atoms with Crippen molar-refractivity contribution in [3.8, 4) is 17.0 Å². The molecule has 0 radical (unpaired) electrons. The van der Waals surface area contributed by atoms with Crippen LogP contribution in [0.4, 0.5) is 0 Å². The number of hydrogen-bond acceptors (Lipinski definition) is 4. The quantitative estimate of drug-likeness (QED) is 0.161. The lowest BCUT2D eigenvalue weighted by Gasteiger charge is -2.11. The molecule has 0 aliphatic rings. The van der Waals surface area contributed by atoms with E-state index in [1.54, 1.807) is 42.5 Å². The summed E-state index contributed by atoms with van der Waals surface area (Å²) in [6.45, 7) is 0.218. The summed E-state index contributed by atoms with van der Waals surface area (Å²) >= 11 is 18.5. The zero-order valence-corrected chi connectivity index (χ0v) is 22.1. The molecule has 38 heavy (non-hydrogen) atoms. The van der Waals surface area contributed by atoms with Gasteiger partial charge >= 0.3 is 0 Å². The molecule has 8 heteroatoms. The van der Waals surface area contributed by atoms with Gasteiger partial charge in [-0.1, -0.05) is 89.4 Å². The number of carbonyl (C=O) groups excluding carboxylic acids is 1. The molecule has 1 aromatic heterocycles. The number of fused-ring (bicyclic) bond motifs is 1. The monoisotopic (exact) mass is 559 g/mol. The molecule has 5 nitrogen and oxygen atoms in total. The number of nitrogens with zero attached hydrogens (tertiary/aromatic N) is 2. The van der Waals surface area contributed by atoms with Crippen molar-refractivity contribution in [2.24, 2.45) is 5.10 Å². The Morgan fingerprint density at radius 2 is 1.61 bits per heavy atom. The van der Waals surface area contributed by atoms with E-state index in [1.807, 2.05) is 54.6 Å². The summed E-state index contributed by atoms with van der Waals surface area (Å²) in [6, 6.07) is 29.3. The van der Waals surface area contributed by atoms with Crippen LogP contribution in [0.15, 0.2) is 102 Å². The number of hydrazone groups is 1. The predicted molar refractivity (Wildman–Crippen MR) is 154 cm³/mol. The summed E-state index contributed by atoms with van der Waals surface area (Å²) in [7, 11) is 0. The lowest BCUT2D eigenvalue weighted by Crippen LogP contribution is -2.18. The van der Waals surface area contributed by atoms with Crippen LogP contribution in [0, 0.1) is 0 Å². The maximum absolute atomic E-state index is 13.2. The van der Waals surface area contributed by atoms with Crippen molar-refractivity contribution in [1.29, 1.82) is 0 Å². The Labute approximate surface area is 234 Å². The van der Waals surface area contributed by atoms with E-state index in [0.717, 1.165) is 22.0 Å². The Balaban J connectivity index is 1.38. The average molecular weight is 561 g/mol. The SMILES string of the molecule is O=C(N/N=C\c1cc(Cl)ccc1OCc1ccc(Cl)cc1Cl)c1cc(-c2ccccc2)nc2ccccc12. The van der Waals surface area contributed by atoms with E-state index in [1.165, 1.54) is 6.21 Å². The van der Waals surface area contributed by atoms with Gasteiger partial charge in [0.15, 0.2) is 0 Å². The maximum Gasteiger partial charge on any atom is 0.272 e. The van der Waals surface area contributed by atoms with Crippen LogP contribution in [0.5, 0.6) is 5.75 Å². The zero-order valence-electron chi connectivity index (χ0n) is 19.9. The van der Waals surface area contributed by atoms with Gasteiger partial charge in [-0.15, -0.1) is 0 Å². The molecule has 0 saturated heterocycles. The van der Waals surface area contributed by atoms with E-state index in [-0.39, 0.29) is 12.5 Å². The van der Waals surface area contributed by atoms with Gasteiger partial charge in [-0.05, 0) is 42.5 Å². The fourth-order valence-corrected chi connectivity index (χ4v) is 4.53. The van der Waals surface area contributed by atoms with Crippen LogP contribution in [-0.2, 0) is 6.61 Å². The third-order valence-electron chi connectivity index (χ3n) is 5.77. The zero-order chi connectivity index (χ0) is 26.5. The molecule has 1 N–H and O–H groups in total. The maximum atomic E-state index is 13.2. The highest BCUT2D eigenvalue weighted by molar-refractivity contribution is 6.35. The standard InChI is InChI=1S/C30H20Cl3N3O2/c31-22-12-13-29(38-18-20-10-11-23(32)15-26(20)33)21(14-22)17-34-36-30(37)25-16-28(19-6-2-1-3-7-19)35-27-9-5-4-8-24(25)27/h1-17H,18H2,(H,36,37)/b34-17-. The van der Waals surface area contributed by atoms with Crippen LogP contribution in [-0.4, -0.2) is 17.1 Å². The summed E-state index contributed by atoms with van der Waals surface area (Å²) in [6.07, 6.45) is 1.49. The van der Waals surface area contributed by atoms with Gasteiger partial charge in [0.05, 0.1) is 23.0 Å². The molecule has 188 valence electrons. The number of para-hydroxylation sites is 1. The van der Waals surface area contributed by atoms with Crippen LogP contribution in [0.25, 0.3) is 22.2 Å². The molecule has 4 aromatic carbocycles. The minimum absolute atomic E-state index is 0.218. The average Bonchev–Trinajstić information content (AvgIpc) is 2.93. The first kappa shape index (κ1) is 25.7. The molecule has 0 bridgehead atoms. The molecule has 0 spiro atoms. The minimum atomic E-state index is -0.366. The number of hydrogen-bond donors (Lipinski definition) is 1. The van der Waals surface area contributed by atoms with E-state index in [2.05, 4.69) is 10.5 Å². The molecule has 0 unspecified atom stereocenters. The van der Waals surface area contributed by atoms with Gasteiger partial charge in [-0.2, -0.15) is 5.10 Å². The van der Waals surface area contributed by atoms with Crippen molar-refractivity contribution in [3.63, 3.8) is 0 Å². The number of rotatable bonds is 7. The first-order valence-corrected chi connectivity index (χ1v) is 12.8. The highest BCUT2D eigenvalue weighted by atomic mass is 35.5. The van der Waals surface area contributed by atoms with Crippen LogP contribution in [0.3, 0.4) is 0 Å². The molecule has 0 fully saturated rings. The summed E-state index contributed by atoms with van der Waals surface area (Å²) in [5.74, 6) is 0.161. The normalized spacial score (nSPS) is 11.1. The van der Waals surface area contributed by atoms with Crippen molar-refractivity contribution in [2.45, 2.75) is 6.61 Å². The number of pyridine rings is 1. The number of amides is 1. The molecule has 0 aliphatic carbocycles. The van der Waals surface area contributed by atoms with Gasteiger partial charge in [0, 0.05) is 37.1 Å². The van der Waals surface area contributed by atoms with E-state index >= 15 is 0 Å². The first-order valence-electron chi connectivity index (χ1n) is 11.6. The highest BCUT2D eigenvalue weighted by Crippen LogP contribution is 2.27. The fraction of sp³-hybridized carbons (Fsp3) is 0.0333. The summed E-state index contributed by atoms with van der Waals surface area (Å²) in [5, 5.41) is 6.47. The van der Waals surface area contributed by atoms with E-state index in [0.29, 0.717) is 37.6 Å². The molecule has 1 heterocycles. The van der Waals surface area contributed by atoms with E-state index in [4.69, 9.17) is 44.5 Å². The van der Waals surface area contributed by atoms with Gasteiger partial charge in [-0.3, -0.25) is 4.79 Å². The Bertz CT molecular complexity index is 1660. The van der Waals surface area contributed by atoms with Gasteiger partial charge < -0.3 is 4.74 Å². The first-order chi connectivity index (χ1) is 18.5. The highest BCUT2D eigenvalue weighted by Gasteiger charge is 2.14. The third-order valence-corrected chi connectivity index (χ3v) is 6.59. The molecule has 0 aliphatic heterocycles. The molecule has 0 atom stereocenters. The predicted octanol–water partition coefficient (Wildman–Crippen LogP) is 8.20. The summed E-state index contributed by atoms with van der Waals surface area (Å²) in [4.78, 5) is 18.0. The van der Waals surface area contributed by atoms with Crippen LogP contribution in [0.2, 0.25) is 15.1 Å². The van der Waals surface area contributed by atoms with Crippen molar-refractivity contribution in [3.05, 3.63) is 129 Å². The van der Waals surface area contributed by atoms with Gasteiger partial charge in [-0.25, -0.2) is 10.4 Å². The number of halogens is 3. The van der Waals surface area contributed by atoms with Crippen molar-refractivity contribution >= 4 is 57.8 Å². The minimum Gasteiger partial charge on any atom is -0.488 e. The Kier molecular flexibility index (Phi) is 7.89. The van der Waals surface area contributed by atoms with E-state index in [9.17, 15) is 4.79 Å². The lowest BCUT2D eigenvalue weighted by atomic mass is 10.0. The number of aromatic nitrogens is 1. The summed E-state index contributed by atoms with van der Waals surface area (Å²) in [5.41, 5.74) is 6.79. The Morgan fingerprint density at radius 3 is 2.42 bits per heavy atom. The number of benzene rings is 4. The topological polar surface area (TPSA) is 63.6 Å². The molecule has 5 rings (SSSR count). The van der Waals surface area contributed by atoms with Gasteiger partial charge in [0.1, 0.15) is 12.4 Å². The second-order valence-electron chi connectivity index (χ2n) is 8.34. The summed E-state index contributed by atoms with van der Waals surface area (Å²) < 4.78 is 5.97. The van der Waals surface area contributed by atoms with E-state index < -0.39 is 0 Å². The second kappa shape index (κ2) is 11.7. The molecule has 0 saturated carbocycles. The second-order valence-corrected chi connectivity index (χ2v) is 9.62. The van der Waals surface area contributed by atoms with Crippen LogP contribution in [0.1, 0.15) is 21.5 Å². The molecule has 1 amide bonds. The fourth-order valence-electron chi connectivity index (χ4n) is 3.89. The lowest BCUT2D eigenvalue weighted by molar-refractivity contribution is 0.0956. The molecular formula is C30H20Cl3N3O2. The third kappa shape index (κ3) is 5.97. The number of nitrogens with one attached hydrogen (secondary N) is 1. The van der Waals surface area contributed by atoms with Crippen LogP contribution >= 0.6 is 34.8 Å². The largest absolute Gasteiger partial charge is 0.488 e. The number of carbonyl (C=O) groups is 1. The van der Waals surface area contributed by atoms with Crippen molar-refractivity contribution in [1.82, 2.24) is 10.4 Å². The molecular weight excluding hydrogens is 541 g/mol. The smallest absolute Gasteiger partial charge is 0.272 e. The van der Waals surface area contributed by atoms with Gasteiger partial charge in [0.25, 0.3) is 5.91 Å².